The quantitative estimate of drug-likeness (QED) is 0.782. The lowest BCUT2D eigenvalue weighted by molar-refractivity contribution is -0.142. The third kappa shape index (κ3) is 4.72. The minimum absolute atomic E-state index is 0.0562. The molecule has 24 heavy (non-hydrogen) atoms. The number of ether oxygens (including phenoxy) is 1. The second-order valence-electron chi connectivity index (χ2n) is 5.08. The van der Waals surface area contributed by atoms with Crippen LogP contribution in [0.15, 0.2) is 16.2 Å². The molecule has 0 bridgehead atoms. The Morgan fingerprint density at radius 3 is 2.75 bits per heavy atom. The van der Waals surface area contributed by atoms with Crippen molar-refractivity contribution in [2.45, 2.75) is 33.7 Å². The fraction of sp³-hybridized carbons (Fsp3) is 0.400. The lowest BCUT2D eigenvalue weighted by Gasteiger charge is -2.08. The predicted octanol–water partition coefficient (Wildman–Crippen LogP) is 1.06. The van der Waals surface area contributed by atoms with Gasteiger partial charge in [0.25, 0.3) is 0 Å². The fourth-order valence-corrected chi connectivity index (χ4v) is 2.80. The third-order valence-corrected chi connectivity index (χ3v) is 3.88. The van der Waals surface area contributed by atoms with Crippen LogP contribution in [0, 0.1) is 13.8 Å². The molecule has 0 unspecified atom stereocenters. The maximum absolute atomic E-state index is 12.1. The summed E-state index contributed by atoms with van der Waals surface area (Å²) in [6, 6.07) is 1.73. The number of esters is 1. The lowest BCUT2D eigenvalue weighted by atomic mass is 10.3. The van der Waals surface area contributed by atoms with Crippen molar-refractivity contribution in [2.24, 2.45) is 0 Å². The zero-order valence-electron chi connectivity index (χ0n) is 13.7. The Bertz CT molecular complexity index is 812. The van der Waals surface area contributed by atoms with Gasteiger partial charge in [-0.3, -0.25) is 14.2 Å². The SMILES string of the molecule is CCOC(=O)Cc1csc(NC(=O)Cn2c(C)cc(C)nc2=O)n1. The number of hydrogen-bond acceptors (Lipinski definition) is 7. The van der Waals surface area contributed by atoms with Crippen LogP contribution in [-0.2, 0) is 27.3 Å². The van der Waals surface area contributed by atoms with Crippen molar-refractivity contribution in [3.8, 4) is 0 Å². The van der Waals surface area contributed by atoms with Gasteiger partial charge in [-0.1, -0.05) is 0 Å². The van der Waals surface area contributed by atoms with Gasteiger partial charge in [-0.15, -0.1) is 11.3 Å². The predicted molar refractivity (Wildman–Crippen MR) is 89.1 cm³/mol. The molecule has 0 saturated carbocycles. The van der Waals surface area contributed by atoms with Crippen LogP contribution in [0.5, 0.6) is 0 Å². The van der Waals surface area contributed by atoms with Gasteiger partial charge in [-0.2, -0.15) is 4.98 Å². The smallest absolute Gasteiger partial charge is 0.348 e. The summed E-state index contributed by atoms with van der Waals surface area (Å²) in [6.45, 7) is 5.36. The number of aryl methyl sites for hydroxylation is 2. The van der Waals surface area contributed by atoms with Gasteiger partial charge in [-0.25, -0.2) is 9.78 Å². The molecule has 0 aliphatic rings. The van der Waals surface area contributed by atoms with Crippen LogP contribution in [-0.4, -0.2) is 33.0 Å². The number of nitrogens with one attached hydrogen (secondary N) is 1. The highest BCUT2D eigenvalue weighted by molar-refractivity contribution is 7.13. The molecule has 9 heteroatoms. The molecule has 0 radical (unpaired) electrons. The summed E-state index contributed by atoms with van der Waals surface area (Å²) in [5.41, 5.74) is 1.33. The van der Waals surface area contributed by atoms with Crippen LogP contribution in [0.1, 0.15) is 24.0 Å². The number of hydrogen-bond donors (Lipinski definition) is 1. The Morgan fingerprint density at radius 2 is 2.08 bits per heavy atom. The van der Waals surface area contributed by atoms with Gasteiger partial charge in [0.2, 0.25) is 5.91 Å². The summed E-state index contributed by atoms with van der Waals surface area (Å²) in [5.74, 6) is -0.753. The highest BCUT2D eigenvalue weighted by atomic mass is 32.1. The maximum Gasteiger partial charge on any atom is 0.348 e. The number of aromatic nitrogens is 3. The van der Waals surface area contributed by atoms with E-state index in [1.165, 1.54) is 15.9 Å². The molecule has 0 spiro atoms. The summed E-state index contributed by atoms with van der Waals surface area (Å²) in [6.07, 6.45) is 0.0562. The monoisotopic (exact) mass is 350 g/mol. The van der Waals surface area contributed by atoms with Gasteiger partial charge in [-0.05, 0) is 26.8 Å². The summed E-state index contributed by atoms with van der Waals surface area (Å²) < 4.78 is 6.13. The van der Waals surface area contributed by atoms with E-state index in [1.807, 2.05) is 0 Å². The number of carbonyl (C=O) groups excluding carboxylic acids is 2. The highest BCUT2D eigenvalue weighted by Crippen LogP contribution is 2.16. The number of rotatable bonds is 6. The molecule has 0 atom stereocenters. The van der Waals surface area contributed by atoms with Gasteiger partial charge in [0.1, 0.15) is 6.54 Å². The maximum atomic E-state index is 12.1. The highest BCUT2D eigenvalue weighted by Gasteiger charge is 2.12. The van der Waals surface area contributed by atoms with E-state index in [0.717, 1.165) is 0 Å². The second kappa shape index (κ2) is 7.82. The van der Waals surface area contributed by atoms with E-state index in [4.69, 9.17) is 4.74 Å². The first kappa shape index (κ1) is 17.8. The Balaban J connectivity index is 2.00. The number of carbonyl (C=O) groups is 2. The standard InChI is InChI=1S/C15H18N4O4S/c1-4-23-13(21)6-11-8-24-14(17-11)18-12(20)7-19-10(3)5-9(2)16-15(19)22/h5,8H,4,6-7H2,1-3H3,(H,17,18,20). The second-order valence-corrected chi connectivity index (χ2v) is 5.94. The van der Waals surface area contributed by atoms with E-state index in [2.05, 4.69) is 15.3 Å². The first-order valence-corrected chi connectivity index (χ1v) is 8.22. The average Bonchev–Trinajstić information content (AvgIpc) is 2.90. The molecule has 0 fully saturated rings. The minimum Gasteiger partial charge on any atom is -0.466 e. The number of anilines is 1. The molecule has 2 rings (SSSR count). The minimum atomic E-state index is -0.468. The molecule has 0 aromatic carbocycles. The summed E-state index contributed by atoms with van der Waals surface area (Å²) >= 11 is 1.21. The van der Waals surface area contributed by atoms with E-state index < -0.39 is 5.69 Å². The summed E-state index contributed by atoms with van der Waals surface area (Å²) in [4.78, 5) is 43.3. The van der Waals surface area contributed by atoms with Crippen molar-refractivity contribution in [1.82, 2.24) is 14.5 Å². The van der Waals surface area contributed by atoms with Gasteiger partial charge in [0, 0.05) is 16.8 Å². The van der Waals surface area contributed by atoms with Crippen LogP contribution in [0.4, 0.5) is 5.13 Å². The van der Waals surface area contributed by atoms with Gasteiger partial charge in [0.15, 0.2) is 5.13 Å². The lowest BCUT2D eigenvalue weighted by Crippen LogP contribution is -2.31. The molecule has 128 valence electrons. The number of amides is 1. The Kier molecular flexibility index (Phi) is 5.80. The molecule has 1 N–H and O–H groups in total. The van der Waals surface area contributed by atoms with Crippen LogP contribution in [0.2, 0.25) is 0 Å². The zero-order chi connectivity index (χ0) is 17.7. The topological polar surface area (TPSA) is 103 Å². The Labute approximate surface area is 142 Å². The Hall–Kier alpha value is -2.55. The number of nitrogens with zero attached hydrogens (tertiary/aromatic N) is 3. The van der Waals surface area contributed by atoms with Gasteiger partial charge < -0.3 is 10.1 Å². The van der Waals surface area contributed by atoms with Crippen molar-refractivity contribution in [2.75, 3.05) is 11.9 Å². The normalized spacial score (nSPS) is 10.5. The van der Waals surface area contributed by atoms with Crippen LogP contribution in [0.25, 0.3) is 0 Å². The molecular weight excluding hydrogens is 332 g/mol. The van der Waals surface area contributed by atoms with Gasteiger partial charge >= 0.3 is 11.7 Å². The van der Waals surface area contributed by atoms with Crippen molar-refractivity contribution in [3.63, 3.8) is 0 Å². The first-order valence-electron chi connectivity index (χ1n) is 7.34. The van der Waals surface area contributed by atoms with Crippen molar-refractivity contribution < 1.29 is 14.3 Å². The fourth-order valence-electron chi connectivity index (χ4n) is 2.07. The zero-order valence-corrected chi connectivity index (χ0v) is 14.5. The molecule has 0 aliphatic carbocycles. The average molecular weight is 350 g/mol. The van der Waals surface area contributed by atoms with Crippen molar-refractivity contribution in [3.05, 3.63) is 39.0 Å². The largest absolute Gasteiger partial charge is 0.466 e. The van der Waals surface area contributed by atoms with Crippen molar-refractivity contribution in [1.29, 1.82) is 0 Å². The third-order valence-electron chi connectivity index (χ3n) is 3.08. The van der Waals surface area contributed by atoms with E-state index in [0.29, 0.717) is 28.8 Å². The van der Waals surface area contributed by atoms with Gasteiger partial charge in [0.05, 0.1) is 18.7 Å². The van der Waals surface area contributed by atoms with E-state index >= 15 is 0 Å². The van der Waals surface area contributed by atoms with E-state index in [9.17, 15) is 14.4 Å². The van der Waals surface area contributed by atoms with Crippen LogP contribution >= 0.6 is 11.3 Å². The molecule has 2 heterocycles. The molecular formula is C15H18N4O4S. The summed E-state index contributed by atoms with van der Waals surface area (Å²) in [7, 11) is 0. The number of thiazole rings is 1. The molecule has 1 amide bonds. The molecule has 2 aromatic heterocycles. The first-order chi connectivity index (χ1) is 11.4. The van der Waals surface area contributed by atoms with E-state index in [1.54, 1.807) is 32.2 Å². The van der Waals surface area contributed by atoms with E-state index in [-0.39, 0.29) is 24.8 Å². The molecule has 2 aromatic rings. The summed E-state index contributed by atoms with van der Waals surface area (Å²) in [5, 5.41) is 4.66. The molecule has 0 aliphatic heterocycles. The van der Waals surface area contributed by atoms with Crippen LogP contribution < -0.4 is 11.0 Å². The Morgan fingerprint density at radius 1 is 1.33 bits per heavy atom. The van der Waals surface area contributed by atoms with Crippen LogP contribution in [0.3, 0.4) is 0 Å². The molecule has 8 nitrogen and oxygen atoms in total. The van der Waals surface area contributed by atoms with Crippen molar-refractivity contribution >= 4 is 28.3 Å². The molecule has 0 saturated heterocycles.